The molecule has 0 radical (unpaired) electrons. The minimum absolute atomic E-state index is 0.188. The third kappa shape index (κ3) is 2.11. The average molecular weight is 210 g/mol. The normalized spacial score (nSPS) is 45.9. The van der Waals surface area contributed by atoms with Crippen LogP contribution < -0.4 is 0 Å². The summed E-state index contributed by atoms with van der Waals surface area (Å²) in [5.41, 5.74) is -0.188. The second kappa shape index (κ2) is 4.26. The van der Waals surface area contributed by atoms with Crippen LogP contribution in [-0.4, -0.2) is 11.7 Å². The van der Waals surface area contributed by atoms with Gasteiger partial charge in [-0.25, -0.2) is 9.78 Å². The minimum Gasteiger partial charge on any atom is -0.232 e. The number of fused-ring (bicyclic) bond motifs is 2. The molecule has 1 aliphatic heterocycles. The Morgan fingerprint density at radius 3 is 2.93 bits per heavy atom. The first-order valence-corrected chi connectivity index (χ1v) is 6.18. The predicted molar refractivity (Wildman–Crippen MR) is 60.3 cm³/mol. The van der Waals surface area contributed by atoms with Gasteiger partial charge in [0, 0.05) is 0 Å². The summed E-state index contributed by atoms with van der Waals surface area (Å²) in [4.78, 5) is 11.1. The highest BCUT2D eigenvalue weighted by atomic mass is 17.2. The molecule has 86 valence electrons. The van der Waals surface area contributed by atoms with Crippen molar-refractivity contribution in [1.82, 2.24) is 0 Å². The number of hydrogen-bond donors (Lipinski definition) is 0. The van der Waals surface area contributed by atoms with Gasteiger partial charge in [0.05, 0.1) is 6.10 Å². The van der Waals surface area contributed by atoms with Crippen molar-refractivity contribution in [1.29, 1.82) is 0 Å². The van der Waals surface area contributed by atoms with E-state index in [1.54, 1.807) is 0 Å². The van der Waals surface area contributed by atoms with Crippen LogP contribution in [0.25, 0.3) is 0 Å². The molecular formula is C13H22O2. The number of allylic oxidation sites excluding steroid dienone is 1. The lowest BCUT2D eigenvalue weighted by Gasteiger charge is -2.46. The molecule has 0 aromatic heterocycles. The van der Waals surface area contributed by atoms with Crippen molar-refractivity contribution in [3.63, 3.8) is 0 Å². The van der Waals surface area contributed by atoms with E-state index in [0.717, 1.165) is 12.8 Å². The zero-order chi connectivity index (χ0) is 10.9. The van der Waals surface area contributed by atoms with Gasteiger partial charge in [0.2, 0.25) is 0 Å². The van der Waals surface area contributed by atoms with Crippen LogP contribution in [0.1, 0.15) is 46.5 Å². The highest BCUT2D eigenvalue weighted by Gasteiger charge is 2.45. The van der Waals surface area contributed by atoms with Crippen molar-refractivity contribution in [3.8, 4) is 0 Å². The van der Waals surface area contributed by atoms with Gasteiger partial charge < -0.3 is 0 Å². The molecule has 1 unspecified atom stereocenters. The Labute approximate surface area is 92.6 Å². The summed E-state index contributed by atoms with van der Waals surface area (Å²) in [6, 6.07) is 0. The Bertz CT molecular complexity index is 249. The van der Waals surface area contributed by atoms with E-state index in [4.69, 9.17) is 9.78 Å². The van der Waals surface area contributed by atoms with Gasteiger partial charge >= 0.3 is 0 Å². The lowest BCUT2D eigenvalue weighted by atomic mass is 9.72. The summed E-state index contributed by atoms with van der Waals surface area (Å²) in [6.45, 7) is 6.56. The van der Waals surface area contributed by atoms with Gasteiger partial charge in [-0.1, -0.05) is 26.0 Å². The zero-order valence-corrected chi connectivity index (χ0v) is 10.0. The van der Waals surface area contributed by atoms with Crippen LogP contribution in [0.5, 0.6) is 0 Å². The monoisotopic (exact) mass is 210 g/mol. The lowest BCUT2D eigenvalue weighted by Crippen LogP contribution is -2.48. The maximum Gasteiger partial charge on any atom is 0.122 e. The van der Waals surface area contributed by atoms with E-state index < -0.39 is 0 Å². The predicted octanol–water partition coefficient (Wildman–Crippen LogP) is 3.48. The SMILES string of the molecule is CC/C=C/C1(C)OO[C@@H]2C[C@@H]1CC[C@H]2C. The van der Waals surface area contributed by atoms with Crippen molar-refractivity contribution in [2.24, 2.45) is 11.8 Å². The maximum absolute atomic E-state index is 5.62. The van der Waals surface area contributed by atoms with Gasteiger partial charge in [-0.05, 0) is 44.4 Å². The second-order valence-corrected chi connectivity index (χ2v) is 5.20. The molecule has 1 saturated carbocycles. The van der Waals surface area contributed by atoms with E-state index in [1.165, 1.54) is 12.8 Å². The molecule has 1 heterocycles. The van der Waals surface area contributed by atoms with Crippen LogP contribution >= 0.6 is 0 Å². The van der Waals surface area contributed by atoms with E-state index >= 15 is 0 Å². The largest absolute Gasteiger partial charge is 0.232 e. The zero-order valence-electron chi connectivity index (χ0n) is 10.0. The molecule has 15 heavy (non-hydrogen) atoms. The molecule has 0 N–H and O–H groups in total. The molecular weight excluding hydrogens is 188 g/mol. The Kier molecular flexibility index (Phi) is 3.17. The summed E-state index contributed by atoms with van der Waals surface area (Å²) in [5, 5.41) is 0. The Balaban J connectivity index is 2.07. The first kappa shape index (κ1) is 11.2. The molecule has 1 saturated heterocycles. The summed E-state index contributed by atoms with van der Waals surface area (Å²) >= 11 is 0. The molecule has 0 amide bonds. The van der Waals surface area contributed by atoms with Crippen molar-refractivity contribution in [2.75, 3.05) is 0 Å². The van der Waals surface area contributed by atoms with Crippen LogP contribution in [-0.2, 0) is 9.78 Å². The summed E-state index contributed by atoms with van der Waals surface area (Å²) in [5.74, 6) is 1.29. The summed E-state index contributed by atoms with van der Waals surface area (Å²) < 4.78 is 0. The van der Waals surface area contributed by atoms with Crippen molar-refractivity contribution >= 4 is 0 Å². The molecule has 2 bridgehead atoms. The Morgan fingerprint density at radius 2 is 2.20 bits per heavy atom. The third-order valence-corrected chi connectivity index (χ3v) is 3.97. The Morgan fingerprint density at radius 1 is 1.40 bits per heavy atom. The number of rotatable bonds is 2. The highest BCUT2D eigenvalue weighted by Crippen LogP contribution is 2.43. The minimum atomic E-state index is -0.188. The summed E-state index contributed by atoms with van der Waals surface area (Å²) in [6.07, 6.45) is 9.45. The smallest absolute Gasteiger partial charge is 0.122 e. The third-order valence-electron chi connectivity index (χ3n) is 3.97. The van der Waals surface area contributed by atoms with E-state index in [-0.39, 0.29) is 5.60 Å². The molecule has 2 aliphatic rings. The van der Waals surface area contributed by atoms with Crippen LogP contribution in [0.3, 0.4) is 0 Å². The molecule has 2 rings (SSSR count). The Hall–Kier alpha value is -0.340. The fraction of sp³-hybridized carbons (Fsp3) is 0.846. The van der Waals surface area contributed by atoms with E-state index in [0.29, 0.717) is 17.9 Å². The highest BCUT2D eigenvalue weighted by molar-refractivity contribution is 5.05. The molecule has 0 aromatic carbocycles. The van der Waals surface area contributed by atoms with Crippen LogP contribution in [0.2, 0.25) is 0 Å². The van der Waals surface area contributed by atoms with E-state index in [2.05, 4.69) is 32.9 Å². The molecule has 2 heteroatoms. The van der Waals surface area contributed by atoms with Gasteiger partial charge in [0.25, 0.3) is 0 Å². The van der Waals surface area contributed by atoms with Crippen LogP contribution in [0.15, 0.2) is 12.2 Å². The summed E-state index contributed by atoms with van der Waals surface area (Å²) in [7, 11) is 0. The van der Waals surface area contributed by atoms with Crippen molar-refractivity contribution in [2.45, 2.75) is 58.2 Å². The fourth-order valence-electron chi connectivity index (χ4n) is 2.68. The van der Waals surface area contributed by atoms with Crippen LogP contribution in [0, 0.1) is 11.8 Å². The second-order valence-electron chi connectivity index (χ2n) is 5.20. The average Bonchev–Trinajstić information content (AvgIpc) is 2.25. The van der Waals surface area contributed by atoms with Crippen molar-refractivity contribution in [3.05, 3.63) is 12.2 Å². The van der Waals surface area contributed by atoms with Crippen molar-refractivity contribution < 1.29 is 9.78 Å². The number of hydrogen-bond acceptors (Lipinski definition) is 2. The van der Waals surface area contributed by atoms with Gasteiger partial charge in [0.15, 0.2) is 0 Å². The molecule has 1 aliphatic carbocycles. The molecule has 0 aromatic rings. The lowest BCUT2D eigenvalue weighted by molar-refractivity contribution is -0.421. The maximum atomic E-state index is 5.62. The first-order chi connectivity index (χ1) is 7.15. The standard InChI is InChI=1S/C13H22O2/c1-4-5-8-13(3)11-7-6-10(2)12(9-11)14-15-13/h5,8,10-12H,4,6-7,9H2,1-3H3/b8-5+/t10-,11+,12-,13?/m1/s1. The van der Waals surface area contributed by atoms with E-state index in [9.17, 15) is 0 Å². The van der Waals surface area contributed by atoms with E-state index in [1.807, 2.05) is 0 Å². The quantitative estimate of drug-likeness (QED) is 0.513. The first-order valence-electron chi connectivity index (χ1n) is 6.18. The van der Waals surface area contributed by atoms with Gasteiger partial charge in [-0.3, -0.25) is 0 Å². The van der Waals surface area contributed by atoms with Gasteiger partial charge in [0.1, 0.15) is 5.60 Å². The molecule has 0 spiro atoms. The molecule has 2 fully saturated rings. The van der Waals surface area contributed by atoms with Gasteiger partial charge in [-0.15, -0.1) is 0 Å². The topological polar surface area (TPSA) is 18.5 Å². The molecule has 2 nitrogen and oxygen atoms in total. The van der Waals surface area contributed by atoms with Crippen LogP contribution in [0.4, 0.5) is 0 Å². The fourth-order valence-corrected chi connectivity index (χ4v) is 2.68. The molecule has 4 atom stereocenters. The van der Waals surface area contributed by atoms with Gasteiger partial charge in [-0.2, -0.15) is 0 Å².